The van der Waals surface area contributed by atoms with Crippen molar-refractivity contribution >= 4 is 0 Å². The molecule has 0 aliphatic heterocycles. The van der Waals surface area contributed by atoms with Crippen molar-refractivity contribution in [1.29, 1.82) is 0 Å². The molecule has 0 aliphatic carbocycles. The van der Waals surface area contributed by atoms with Gasteiger partial charge in [0, 0.05) is 6.61 Å². The molecule has 0 heterocycles. The summed E-state index contributed by atoms with van der Waals surface area (Å²) in [5, 5.41) is 0. The molecule has 0 amide bonds. The van der Waals surface area contributed by atoms with E-state index in [4.69, 9.17) is 9.47 Å². The molecule has 98 valence electrons. The van der Waals surface area contributed by atoms with Gasteiger partial charge in [-0.25, -0.2) is 0 Å². The Hall–Kier alpha value is -0.120. The minimum Gasteiger partial charge on any atom is -0.376 e. The van der Waals surface area contributed by atoms with Gasteiger partial charge in [-0.15, -0.1) is 0 Å². The van der Waals surface area contributed by atoms with Crippen LogP contribution in [0.3, 0.4) is 0 Å². The topological polar surface area (TPSA) is 21.7 Å². The molecule has 3 heteroatoms. The van der Waals surface area contributed by atoms with E-state index in [1.807, 2.05) is 0 Å². The Kier molecular flexibility index (Phi) is 8.90. The van der Waals surface area contributed by atoms with Crippen molar-refractivity contribution in [3.8, 4) is 0 Å². The lowest BCUT2D eigenvalue weighted by atomic mass is 10.1. The highest BCUT2D eigenvalue weighted by Gasteiger charge is 2.14. The van der Waals surface area contributed by atoms with E-state index in [1.54, 1.807) is 0 Å². The highest BCUT2D eigenvalue weighted by molar-refractivity contribution is 4.62. The second-order valence-corrected chi connectivity index (χ2v) is 5.19. The van der Waals surface area contributed by atoms with Gasteiger partial charge in [-0.3, -0.25) is 0 Å². The Labute approximate surface area is 101 Å². The molecule has 1 atom stereocenters. The Morgan fingerprint density at radius 1 is 1.00 bits per heavy atom. The van der Waals surface area contributed by atoms with Crippen LogP contribution in [-0.4, -0.2) is 51.0 Å². The van der Waals surface area contributed by atoms with Gasteiger partial charge in [0.15, 0.2) is 0 Å². The molecule has 0 fully saturated rings. The summed E-state index contributed by atoms with van der Waals surface area (Å²) in [7, 11) is 4.17. The largest absolute Gasteiger partial charge is 0.376 e. The molecule has 0 saturated heterocycles. The minimum absolute atomic E-state index is 0.226. The second-order valence-electron chi connectivity index (χ2n) is 5.19. The molecule has 1 unspecified atom stereocenters. The van der Waals surface area contributed by atoms with E-state index >= 15 is 0 Å². The van der Waals surface area contributed by atoms with E-state index in [0.717, 1.165) is 19.6 Å². The van der Waals surface area contributed by atoms with Crippen molar-refractivity contribution in [2.75, 3.05) is 33.9 Å². The molecular formula is C13H29NO2. The SMILES string of the molecule is CC(C)OCC(OCCCN(C)C)C(C)C. The van der Waals surface area contributed by atoms with E-state index in [0.29, 0.717) is 12.5 Å². The van der Waals surface area contributed by atoms with Crippen LogP contribution >= 0.6 is 0 Å². The molecule has 0 aliphatic rings. The third-order valence-electron chi connectivity index (χ3n) is 2.42. The number of hydrogen-bond acceptors (Lipinski definition) is 3. The first-order valence-electron chi connectivity index (χ1n) is 6.31. The zero-order chi connectivity index (χ0) is 12.6. The van der Waals surface area contributed by atoms with Crippen LogP contribution in [-0.2, 0) is 9.47 Å². The number of hydrogen-bond donors (Lipinski definition) is 0. The molecule has 0 aromatic rings. The minimum atomic E-state index is 0.226. The van der Waals surface area contributed by atoms with E-state index in [2.05, 4.69) is 46.7 Å². The Bertz CT molecular complexity index is 158. The smallest absolute Gasteiger partial charge is 0.0831 e. The third kappa shape index (κ3) is 9.13. The molecule has 0 saturated carbocycles. The third-order valence-corrected chi connectivity index (χ3v) is 2.42. The lowest BCUT2D eigenvalue weighted by Gasteiger charge is -2.23. The molecule has 0 aromatic heterocycles. The van der Waals surface area contributed by atoms with Crippen molar-refractivity contribution < 1.29 is 9.47 Å². The van der Waals surface area contributed by atoms with Crippen molar-refractivity contribution in [2.24, 2.45) is 5.92 Å². The lowest BCUT2D eigenvalue weighted by Crippen LogP contribution is -2.28. The first kappa shape index (κ1) is 15.9. The Morgan fingerprint density at radius 3 is 2.06 bits per heavy atom. The van der Waals surface area contributed by atoms with Crippen molar-refractivity contribution in [2.45, 2.75) is 46.3 Å². The van der Waals surface area contributed by atoms with E-state index in [1.165, 1.54) is 0 Å². The van der Waals surface area contributed by atoms with Gasteiger partial charge in [0.25, 0.3) is 0 Å². The zero-order valence-electron chi connectivity index (χ0n) is 11.8. The first-order valence-corrected chi connectivity index (χ1v) is 6.31. The summed E-state index contributed by atoms with van der Waals surface area (Å²) >= 11 is 0. The maximum atomic E-state index is 5.85. The molecule has 3 nitrogen and oxygen atoms in total. The van der Waals surface area contributed by atoms with Crippen LogP contribution in [0, 0.1) is 5.92 Å². The van der Waals surface area contributed by atoms with Gasteiger partial charge in [0.05, 0.1) is 18.8 Å². The molecule has 0 N–H and O–H groups in total. The quantitative estimate of drug-likeness (QED) is 0.569. The predicted molar refractivity (Wildman–Crippen MR) is 68.8 cm³/mol. The fourth-order valence-corrected chi connectivity index (χ4v) is 1.34. The summed E-state index contributed by atoms with van der Waals surface area (Å²) in [6.45, 7) is 11.1. The van der Waals surface area contributed by atoms with Gasteiger partial charge in [0.2, 0.25) is 0 Å². The van der Waals surface area contributed by atoms with Crippen molar-refractivity contribution in [3.63, 3.8) is 0 Å². The van der Waals surface area contributed by atoms with Gasteiger partial charge in [-0.1, -0.05) is 13.8 Å². The van der Waals surface area contributed by atoms with E-state index in [-0.39, 0.29) is 12.2 Å². The molecular weight excluding hydrogens is 202 g/mol. The summed E-state index contributed by atoms with van der Waals surface area (Å²) < 4.78 is 11.5. The molecule has 0 aromatic carbocycles. The lowest BCUT2D eigenvalue weighted by molar-refractivity contribution is -0.0559. The number of rotatable bonds is 9. The summed E-state index contributed by atoms with van der Waals surface area (Å²) in [6.07, 6.45) is 1.59. The summed E-state index contributed by atoms with van der Waals surface area (Å²) in [5.41, 5.74) is 0. The molecule has 0 spiro atoms. The van der Waals surface area contributed by atoms with Crippen molar-refractivity contribution in [3.05, 3.63) is 0 Å². The summed E-state index contributed by atoms with van der Waals surface area (Å²) in [5.74, 6) is 0.512. The maximum Gasteiger partial charge on any atom is 0.0831 e. The maximum absolute atomic E-state index is 5.85. The summed E-state index contributed by atoms with van der Waals surface area (Å²) in [4.78, 5) is 2.18. The fourth-order valence-electron chi connectivity index (χ4n) is 1.34. The Balaban J connectivity index is 3.68. The average Bonchev–Trinajstić information content (AvgIpc) is 2.15. The van der Waals surface area contributed by atoms with Gasteiger partial charge >= 0.3 is 0 Å². The van der Waals surface area contributed by atoms with Crippen LogP contribution in [0.4, 0.5) is 0 Å². The highest BCUT2D eigenvalue weighted by atomic mass is 16.5. The standard InChI is InChI=1S/C13H29NO2/c1-11(2)13(10-16-12(3)4)15-9-7-8-14(5)6/h11-13H,7-10H2,1-6H3. The second kappa shape index (κ2) is 8.97. The van der Waals surface area contributed by atoms with Crippen molar-refractivity contribution in [1.82, 2.24) is 4.90 Å². The molecule has 0 rings (SSSR count). The van der Waals surface area contributed by atoms with Crippen LogP contribution in [0.2, 0.25) is 0 Å². The highest BCUT2D eigenvalue weighted by Crippen LogP contribution is 2.09. The summed E-state index contributed by atoms with van der Waals surface area (Å²) in [6, 6.07) is 0. The average molecular weight is 231 g/mol. The molecule has 0 bridgehead atoms. The predicted octanol–water partition coefficient (Wildman–Crippen LogP) is 2.40. The number of nitrogens with zero attached hydrogens (tertiary/aromatic N) is 1. The van der Waals surface area contributed by atoms with Crippen LogP contribution < -0.4 is 0 Å². The normalized spacial score (nSPS) is 14.1. The van der Waals surface area contributed by atoms with Gasteiger partial charge in [0.1, 0.15) is 0 Å². The van der Waals surface area contributed by atoms with Gasteiger partial charge in [-0.2, -0.15) is 0 Å². The van der Waals surface area contributed by atoms with Gasteiger partial charge < -0.3 is 14.4 Å². The fraction of sp³-hybridized carbons (Fsp3) is 1.00. The van der Waals surface area contributed by atoms with Crippen LogP contribution in [0.1, 0.15) is 34.1 Å². The molecule has 16 heavy (non-hydrogen) atoms. The molecule has 0 radical (unpaired) electrons. The van der Waals surface area contributed by atoms with Gasteiger partial charge in [-0.05, 0) is 46.8 Å². The van der Waals surface area contributed by atoms with E-state index in [9.17, 15) is 0 Å². The zero-order valence-corrected chi connectivity index (χ0v) is 11.8. The first-order chi connectivity index (χ1) is 7.43. The van der Waals surface area contributed by atoms with Crippen LogP contribution in [0.25, 0.3) is 0 Å². The monoisotopic (exact) mass is 231 g/mol. The number of ether oxygens (including phenoxy) is 2. The van der Waals surface area contributed by atoms with E-state index < -0.39 is 0 Å². The Morgan fingerprint density at radius 2 is 1.62 bits per heavy atom. The van der Waals surface area contributed by atoms with Crippen LogP contribution in [0.5, 0.6) is 0 Å². The van der Waals surface area contributed by atoms with Crippen LogP contribution in [0.15, 0.2) is 0 Å².